The van der Waals surface area contributed by atoms with E-state index in [-0.39, 0.29) is 0 Å². The van der Waals surface area contributed by atoms with Crippen LogP contribution in [0.25, 0.3) is 0 Å². The van der Waals surface area contributed by atoms with Crippen molar-refractivity contribution >= 4 is 10.2 Å². The van der Waals surface area contributed by atoms with Gasteiger partial charge in [0.1, 0.15) is 0 Å². The fraction of sp³-hybridized carbons (Fsp3) is 0.786. The van der Waals surface area contributed by atoms with Gasteiger partial charge in [-0.3, -0.25) is 4.68 Å². The molecule has 2 aliphatic heterocycles. The van der Waals surface area contributed by atoms with E-state index in [1.807, 2.05) is 11.6 Å². The number of piperidine rings is 1. The molecule has 0 aliphatic carbocycles. The van der Waals surface area contributed by atoms with Crippen LogP contribution >= 0.6 is 0 Å². The van der Waals surface area contributed by atoms with Crippen LogP contribution in [0.3, 0.4) is 0 Å². The third kappa shape index (κ3) is 3.05. The van der Waals surface area contributed by atoms with Crippen LogP contribution in [0.2, 0.25) is 0 Å². The van der Waals surface area contributed by atoms with Crippen molar-refractivity contribution in [2.24, 2.45) is 0 Å². The van der Waals surface area contributed by atoms with Gasteiger partial charge in [-0.05, 0) is 32.8 Å². The molecule has 22 heavy (non-hydrogen) atoms. The Labute approximate surface area is 132 Å². The maximum absolute atomic E-state index is 12.6. The first-order valence-electron chi connectivity index (χ1n) is 7.84. The van der Waals surface area contributed by atoms with Crippen LogP contribution in [0, 0.1) is 13.8 Å². The van der Waals surface area contributed by atoms with E-state index in [2.05, 4.69) is 18.1 Å². The fourth-order valence-electron chi connectivity index (χ4n) is 3.27. The lowest BCUT2D eigenvalue weighted by Gasteiger charge is -2.36. The van der Waals surface area contributed by atoms with Gasteiger partial charge in [0.15, 0.2) is 0 Å². The minimum Gasteiger partial charge on any atom is -0.379 e. The molecule has 0 saturated carbocycles. The van der Waals surface area contributed by atoms with E-state index in [0.717, 1.165) is 24.2 Å². The van der Waals surface area contributed by atoms with E-state index in [4.69, 9.17) is 4.74 Å². The summed E-state index contributed by atoms with van der Waals surface area (Å²) in [6.07, 6.45) is 1.62. The first kappa shape index (κ1) is 15.9. The van der Waals surface area contributed by atoms with Crippen molar-refractivity contribution in [3.63, 3.8) is 0 Å². The number of aromatic nitrogens is 2. The molecule has 124 valence electrons. The summed E-state index contributed by atoms with van der Waals surface area (Å²) in [6, 6.07) is 2.36. The Kier molecular flexibility index (Phi) is 4.54. The smallest absolute Gasteiger partial charge is 0.282 e. The molecule has 1 aromatic rings. The molecule has 0 atom stereocenters. The van der Waals surface area contributed by atoms with Crippen molar-refractivity contribution in [2.75, 3.05) is 39.4 Å². The number of aryl methyl sites for hydroxylation is 2. The average molecular weight is 328 g/mol. The molecule has 0 spiro atoms. The van der Waals surface area contributed by atoms with E-state index in [1.54, 1.807) is 8.61 Å². The summed E-state index contributed by atoms with van der Waals surface area (Å²) in [5.74, 6) is 0. The van der Waals surface area contributed by atoms with E-state index in [9.17, 15) is 8.42 Å². The molecule has 7 nitrogen and oxygen atoms in total. The largest absolute Gasteiger partial charge is 0.379 e. The second kappa shape index (κ2) is 6.27. The second-order valence-corrected chi connectivity index (χ2v) is 7.95. The van der Waals surface area contributed by atoms with E-state index in [0.29, 0.717) is 45.4 Å². The Hall–Kier alpha value is -0.960. The highest BCUT2D eigenvalue weighted by molar-refractivity contribution is 7.86. The predicted molar refractivity (Wildman–Crippen MR) is 82.9 cm³/mol. The molecule has 0 aromatic carbocycles. The van der Waals surface area contributed by atoms with Crippen LogP contribution in [-0.4, -0.2) is 66.2 Å². The summed E-state index contributed by atoms with van der Waals surface area (Å²) < 4.78 is 35.7. The molecule has 0 radical (unpaired) electrons. The molecule has 3 rings (SSSR count). The predicted octanol–water partition coefficient (Wildman–Crippen LogP) is 0.714. The van der Waals surface area contributed by atoms with Gasteiger partial charge < -0.3 is 4.74 Å². The highest BCUT2D eigenvalue weighted by Gasteiger charge is 2.34. The number of ether oxygens (including phenoxy) is 1. The van der Waals surface area contributed by atoms with Gasteiger partial charge in [0.2, 0.25) is 0 Å². The van der Waals surface area contributed by atoms with Crippen LogP contribution in [0.15, 0.2) is 6.07 Å². The summed E-state index contributed by atoms with van der Waals surface area (Å²) in [5, 5.41) is 4.53. The van der Waals surface area contributed by atoms with Crippen molar-refractivity contribution in [3.8, 4) is 0 Å². The third-order valence-electron chi connectivity index (χ3n) is 4.44. The summed E-state index contributed by atoms with van der Waals surface area (Å²) >= 11 is 0. The van der Waals surface area contributed by atoms with Gasteiger partial charge in [-0.2, -0.15) is 22.1 Å². The molecule has 0 unspecified atom stereocenters. The molecule has 0 N–H and O–H groups in total. The van der Waals surface area contributed by atoms with Crippen molar-refractivity contribution < 1.29 is 13.2 Å². The third-order valence-corrected chi connectivity index (χ3v) is 6.47. The van der Waals surface area contributed by atoms with Gasteiger partial charge in [0.25, 0.3) is 10.2 Å². The Morgan fingerprint density at radius 3 is 2.23 bits per heavy atom. The lowest BCUT2D eigenvalue weighted by molar-refractivity contribution is 0.0693. The number of hydrogen-bond donors (Lipinski definition) is 0. The van der Waals surface area contributed by atoms with E-state index >= 15 is 0 Å². The quantitative estimate of drug-likeness (QED) is 0.820. The number of rotatable bonds is 3. The molecule has 0 amide bonds. The topological polar surface area (TPSA) is 67.7 Å². The molecule has 2 fully saturated rings. The Morgan fingerprint density at radius 1 is 1.09 bits per heavy atom. The maximum Gasteiger partial charge on any atom is 0.282 e. The van der Waals surface area contributed by atoms with Crippen LogP contribution < -0.4 is 0 Å². The van der Waals surface area contributed by atoms with Crippen molar-refractivity contribution in [2.45, 2.75) is 32.7 Å². The SMILES string of the molecule is Cc1cc(C)n(C2CCN(S(=O)(=O)N3CCOCC3)CC2)n1. The number of nitrogens with zero attached hydrogens (tertiary/aromatic N) is 4. The van der Waals surface area contributed by atoms with Gasteiger partial charge in [-0.15, -0.1) is 0 Å². The molecule has 3 heterocycles. The van der Waals surface area contributed by atoms with Gasteiger partial charge in [0, 0.05) is 31.9 Å². The Bertz CT molecular complexity index is 614. The maximum atomic E-state index is 12.6. The lowest BCUT2D eigenvalue weighted by Crippen LogP contribution is -2.50. The van der Waals surface area contributed by atoms with Crippen LogP contribution in [0.5, 0.6) is 0 Å². The van der Waals surface area contributed by atoms with Gasteiger partial charge >= 0.3 is 0 Å². The van der Waals surface area contributed by atoms with Crippen molar-refractivity contribution in [3.05, 3.63) is 17.5 Å². The first-order chi connectivity index (χ1) is 10.5. The Morgan fingerprint density at radius 2 is 1.68 bits per heavy atom. The molecule has 8 heteroatoms. The van der Waals surface area contributed by atoms with Crippen LogP contribution in [0.4, 0.5) is 0 Å². The van der Waals surface area contributed by atoms with Gasteiger partial charge in [-0.25, -0.2) is 0 Å². The van der Waals surface area contributed by atoms with E-state index < -0.39 is 10.2 Å². The lowest BCUT2D eigenvalue weighted by atomic mass is 10.1. The zero-order valence-electron chi connectivity index (χ0n) is 13.2. The number of hydrogen-bond acceptors (Lipinski definition) is 4. The number of morpholine rings is 1. The van der Waals surface area contributed by atoms with Gasteiger partial charge in [-0.1, -0.05) is 0 Å². The van der Waals surface area contributed by atoms with E-state index in [1.165, 1.54) is 0 Å². The molecule has 0 bridgehead atoms. The summed E-state index contributed by atoms with van der Waals surface area (Å²) in [6.45, 7) is 7.05. The zero-order valence-corrected chi connectivity index (χ0v) is 14.0. The van der Waals surface area contributed by atoms with Crippen LogP contribution in [-0.2, 0) is 14.9 Å². The fourth-order valence-corrected chi connectivity index (χ4v) is 4.88. The van der Waals surface area contributed by atoms with Crippen LogP contribution in [0.1, 0.15) is 30.3 Å². The minimum absolute atomic E-state index is 0.296. The second-order valence-electron chi connectivity index (χ2n) is 6.02. The molecule has 2 saturated heterocycles. The minimum atomic E-state index is -3.34. The highest BCUT2D eigenvalue weighted by atomic mass is 32.2. The highest BCUT2D eigenvalue weighted by Crippen LogP contribution is 2.26. The van der Waals surface area contributed by atoms with Crippen molar-refractivity contribution in [1.82, 2.24) is 18.4 Å². The summed E-state index contributed by atoms with van der Waals surface area (Å²) in [4.78, 5) is 0. The molecular weight excluding hydrogens is 304 g/mol. The monoisotopic (exact) mass is 328 g/mol. The standard InChI is InChI=1S/C14H24N4O3S/c1-12-11-13(2)18(15-12)14-3-5-16(6-4-14)22(19,20)17-7-9-21-10-8-17/h11,14H,3-10H2,1-2H3. The summed E-state index contributed by atoms with van der Waals surface area (Å²) in [5.41, 5.74) is 2.16. The molecule has 1 aromatic heterocycles. The summed E-state index contributed by atoms with van der Waals surface area (Å²) in [7, 11) is -3.34. The molecule has 2 aliphatic rings. The average Bonchev–Trinajstić information content (AvgIpc) is 2.87. The zero-order chi connectivity index (χ0) is 15.7. The van der Waals surface area contributed by atoms with Gasteiger partial charge in [0.05, 0.1) is 24.9 Å². The molecular formula is C14H24N4O3S. The Balaban J connectivity index is 1.65. The first-order valence-corrected chi connectivity index (χ1v) is 9.24. The normalized spacial score (nSPS) is 23.0. The van der Waals surface area contributed by atoms with Crippen molar-refractivity contribution in [1.29, 1.82) is 0 Å².